The van der Waals surface area contributed by atoms with E-state index in [4.69, 9.17) is 39.0 Å². The summed E-state index contributed by atoms with van der Waals surface area (Å²) in [5, 5.41) is 10.2. The maximum atomic E-state index is 15.9. The molecule has 0 saturated carbocycles. The number of aromatic nitrogens is 8. The van der Waals surface area contributed by atoms with E-state index in [0.717, 1.165) is 28.1 Å². The molecule has 3 aliphatic rings. The van der Waals surface area contributed by atoms with Crippen LogP contribution in [0, 0.1) is 5.92 Å². The third kappa shape index (κ3) is 5.38. The summed E-state index contributed by atoms with van der Waals surface area (Å²) in [6, 6.07) is 0. The van der Waals surface area contributed by atoms with Crippen LogP contribution in [0.5, 0.6) is 0 Å². The molecular weight excluding hydrogens is 665 g/mol. The van der Waals surface area contributed by atoms with Gasteiger partial charge in [0.05, 0.1) is 38.6 Å². The van der Waals surface area contributed by atoms with E-state index in [-0.39, 0.29) is 34.1 Å². The van der Waals surface area contributed by atoms with E-state index in [1.54, 1.807) is 0 Å². The highest BCUT2D eigenvalue weighted by Crippen LogP contribution is 2.53. The van der Waals surface area contributed by atoms with Crippen molar-refractivity contribution < 1.29 is 56.0 Å². The first-order valence-electron chi connectivity index (χ1n) is 13.4. The lowest BCUT2D eigenvalue weighted by molar-refractivity contribution is -0.236. The number of halogens is 1. The lowest BCUT2D eigenvalue weighted by Crippen LogP contribution is -2.35. The van der Waals surface area contributed by atoms with E-state index < -0.39 is 90.0 Å². The number of hydrogen-bond donors (Lipinski definition) is 5. The van der Waals surface area contributed by atoms with E-state index in [0.29, 0.717) is 0 Å². The molecule has 7 rings (SSSR count). The lowest BCUT2D eigenvalue weighted by Gasteiger charge is -2.31. The van der Waals surface area contributed by atoms with Crippen molar-refractivity contribution in [3.8, 4) is 0 Å². The van der Waals surface area contributed by atoms with Crippen molar-refractivity contribution in [2.75, 3.05) is 31.3 Å². The molecule has 25 heteroatoms. The van der Waals surface area contributed by atoms with E-state index >= 15 is 4.39 Å². The first-order chi connectivity index (χ1) is 21.9. The van der Waals surface area contributed by atoms with Crippen molar-refractivity contribution >= 4 is 49.7 Å². The third-order valence-electron chi connectivity index (χ3n) is 7.66. The Labute approximate surface area is 254 Å². The molecule has 3 aliphatic heterocycles. The van der Waals surface area contributed by atoms with Crippen molar-refractivity contribution in [1.82, 2.24) is 39.0 Å². The van der Waals surface area contributed by atoms with E-state index in [2.05, 4.69) is 29.9 Å². The summed E-state index contributed by atoms with van der Waals surface area (Å²) in [6.07, 6.45) is -8.39. The largest absolute Gasteiger partial charge is 0.756 e. The molecule has 0 aliphatic carbocycles. The van der Waals surface area contributed by atoms with Crippen LogP contribution >= 0.6 is 15.6 Å². The number of phosphoric ester groups is 2. The molecule has 22 nitrogen and oxygen atoms in total. The summed E-state index contributed by atoms with van der Waals surface area (Å²) >= 11 is 0. The predicted molar refractivity (Wildman–Crippen MR) is 145 cm³/mol. The second-order valence-corrected chi connectivity index (χ2v) is 13.2. The summed E-state index contributed by atoms with van der Waals surface area (Å²) in [5.41, 5.74) is 10.6. The van der Waals surface area contributed by atoms with Gasteiger partial charge in [0.1, 0.15) is 30.2 Å². The fourth-order valence-corrected chi connectivity index (χ4v) is 7.48. The van der Waals surface area contributed by atoms with Gasteiger partial charge in [-0.2, -0.15) is 4.98 Å². The zero-order chi connectivity index (χ0) is 32.5. The summed E-state index contributed by atoms with van der Waals surface area (Å²) in [5.74, 6) is -1.53. The van der Waals surface area contributed by atoms with Gasteiger partial charge in [-0.15, -0.1) is 0 Å². The van der Waals surface area contributed by atoms with E-state index in [9.17, 15) is 28.8 Å². The van der Waals surface area contributed by atoms with Crippen molar-refractivity contribution in [3.63, 3.8) is 0 Å². The molecule has 4 aromatic rings. The molecule has 7 N–H and O–H groups in total. The Morgan fingerprint density at radius 1 is 0.978 bits per heavy atom. The van der Waals surface area contributed by atoms with Crippen LogP contribution in [0.3, 0.4) is 0 Å². The van der Waals surface area contributed by atoms with Gasteiger partial charge >= 0.3 is 7.82 Å². The fourth-order valence-electron chi connectivity index (χ4n) is 5.58. The second kappa shape index (κ2) is 11.3. The number of phosphoric acid groups is 2. The van der Waals surface area contributed by atoms with Crippen LogP contribution in [0.25, 0.3) is 22.3 Å². The minimum Gasteiger partial charge on any atom is -0.756 e. The van der Waals surface area contributed by atoms with Gasteiger partial charge in [0.2, 0.25) is 5.95 Å². The number of nitrogens with two attached hydrogens (primary N) is 2. The molecular formula is C21H24FN10O12P2-. The Morgan fingerprint density at radius 3 is 2.43 bits per heavy atom. The van der Waals surface area contributed by atoms with Gasteiger partial charge in [0.15, 0.2) is 41.3 Å². The molecule has 4 aromatic heterocycles. The Kier molecular flexibility index (Phi) is 7.68. The summed E-state index contributed by atoms with van der Waals surface area (Å²) in [4.78, 5) is 58.3. The summed E-state index contributed by atoms with van der Waals surface area (Å²) in [6.45, 7) is -2.51. The van der Waals surface area contributed by atoms with Crippen LogP contribution in [-0.4, -0.2) is 99.4 Å². The van der Waals surface area contributed by atoms with Crippen LogP contribution in [-0.2, 0) is 36.7 Å². The van der Waals surface area contributed by atoms with Gasteiger partial charge in [0.25, 0.3) is 13.4 Å². The number of aliphatic hydroxyl groups excluding tert-OH is 1. The van der Waals surface area contributed by atoms with Crippen molar-refractivity contribution in [2.45, 2.75) is 43.0 Å². The van der Waals surface area contributed by atoms with Gasteiger partial charge < -0.3 is 44.9 Å². The minimum absolute atomic E-state index is 0.0110. The minimum atomic E-state index is -5.37. The zero-order valence-corrected chi connectivity index (χ0v) is 24.8. The van der Waals surface area contributed by atoms with Crippen LogP contribution in [0.15, 0.2) is 23.8 Å². The third-order valence-corrected chi connectivity index (χ3v) is 9.62. The van der Waals surface area contributed by atoms with Gasteiger partial charge in [-0.25, -0.2) is 28.9 Å². The molecule has 7 heterocycles. The molecule has 248 valence electrons. The topological polar surface area (TPSA) is 312 Å². The standard InChI is InChI=1S/C21H25FN10O12P2/c22-10-14-9(42-19(10)31-5-27-11-15(23)25-4-26-16(11)31)3-40-45(35,36)43-13-7(1-33)8(2-39-46(37,38)44-14)41-20(13)32-6-28-12-17(32)29-21(24)30-18(12)34/h4-10,13-14,19-20,33H,1-3H2,(H,35,36)(H,37,38)(H2,23,25,26)(H3,24,29,30,34)/p-1. The van der Waals surface area contributed by atoms with Gasteiger partial charge in [-0.3, -0.25) is 32.5 Å². The molecule has 0 aromatic carbocycles. The number of H-pyrrole nitrogens is 1. The Bertz CT molecular complexity index is 1960. The van der Waals surface area contributed by atoms with Gasteiger partial charge in [-0.1, -0.05) is 0 Å². The number of ether oxygens (including phenoxy) is 2. The maximum Gasteiger partial charge on any atom is 0.472 e. The van der Waals surface area contributed by atoms with Crippen molar-refractivity contribution in [3.05, 3.63) is 29.3 Å². The number of nitrogens with one attached hydrogen (secondary N) is 1. The van der Waals surface area contributed by atoms with Crippen LogP contribution in [0.1, 0.15) is 12.5 Å². The monoisotopic (exact) mass is 689 g/mol. The zero-order valence-electron chi connectivity index (χ0n) is 23.0. The summed E-state index contributed by atoms with van der Waals surface area (Å²) < 4.78 is 76.8. The van der Waals surface area contributed by atoms with Gasteiger partial charge in [0, 0.05) is 5.92 Å². The van der Waals surface area contributed by atoms with Crippen LogP contribution in [0.4, 0.5) is 16.2 Å². The number of imidazole rings is 2. The molecule has 0 amide bonds. The number of aromatic amines is 1. The highest BCUT2D eigenvalue weighted by Gasteiger charge is 2.53. The molecule has 2 bridgehead atoms. The SMILES string of the molecule is Nc1nc2c(ncn2C2OC3COP(=O)(O)OC4C(COP(=O)([O-])OC2C3CO)OC(n2cnc3c(N)ncnc32)C4F)c(=O)[nH]1. The van der Waals surface area contributed by atoms with Crippen molar-refractivity contribution in [2.24, 2.45) is 5.92 Å². The Hall–Kier alpha value is -3.47. The Morgan fingerprint density at radius 2 is 1.67 bits per heavy atom. The average molecular weight is 689 g/mol. The number of anilines is 2. The number of hydrogen-bond acceptors (Lipinski definition) is 18. The molecule has 10 atom stereocenters. The highest BCUT2D eigenvalue weighted by molar-refractivity contribution is 7.47. The number of nitrogen functional groups attached to an aromatic ring is 2. The van der Waals surface area contributed by atoms with E-state index in [1.165, 1.54) is 0 Å². The predicted octanol–water partition coefficient (Wildman–Crippen LogP) is -1.75. The highest BCUT2D eigenvalue weighted by atomic mass is 31.2. The number of rotatable bonds is 3. The number of alkyl halides is 1. The molecule has 3 saturated heterocycles. The first-order valence-corrected chi connectivity index (χ1v) is 16.3. The molecule has 3 fully saturated rings. The summed E-state index contributed by atoms with van der Waals surface area (Å²) in [7, 11) is -10.5. The Balaban J connectivity index is 1.22. The first kappa shape index (κ1) is 31.1. The van der Waals surface area contributed by atoms with Crippen LogP contribution in [0.2, 0.25) is 0 Å². The number of fused-ring (bicyclic) bond motifs is 5. The number of nitrogens with zero attached hydrogens (tertiary/aromatic N) is 7. The molecule has 0 radical (unpaired) electrons. The second-order valence-electron chi connectivity index (χ2n) is 10.4. The van der Waals surface area contributed by atoms with Crippen molar-refractivity contribution in [1.29, 1.82) is 0 Å². The molecule has 46 heavy (non-hydrogen) atoms. The fraction of sp³-hybridized carbons (Fsp3) is 0.524. The molecule has 10 unspecified atom stereocenters. The average Bonchev–Trinajstić information content (AvgIpc) is 3.75. The van der Waals surface area contributed by atoms with Gasteiger partial charge in [-0.05, 0) is 0 Å². The quantitative estimate of drug-likeness (QED) is 0.149. The van der Waals surface area contributed by atoms with Crippen LogP contribution < -0.4 is 21.9 Å². The lowest BCUT2D eigenvalue weighted by atomic mass is 9.99. The molecule has 0 spiro atoms. The normalized spacial score (nSPS) is 37.1. The maximum absolute atomic E-state index is 15.9. The van der Waals surface area contributed by atoms with E-state index in [1.807, 2.05) is 0 Å². The number of aliphatic hydroxyl groups is 1. The smallest absolute Gasteiger partial charge is 0.472 e.